The van der Waals surface area contributed by atoms with Gasteiger partial charge >= 0.3 is 12.2 Å². The van der Waals surface area contributed by atoms with E-state index in [0.717, 1.165) is 42.9 Å². The van der Waals surface area contributed by atoms with E-state index in [0.29, 0.717) is 25.3 Å². The minimum atomic E-state index is -4.35. The molecule has 0 heterocycles. The van der Waals surface area contributed by atoms with Crippen LogP contribution >= 0.6 is 0 Å². The zero-order valence-corrected chi connectivity index (χ0v) is 18.2. The van der Waals surface area contributed by atoms with Crippen LogP contribution in [-0.4, -0.2) is 48.6 Å². The summed E-state index contributed by atoms with van der Waals surface area (Å²) >= 11 is 0. The van der Waals surface area contributed by atoms with Gasteiger partial charge in [-0.05, 0) is 48.8 Å². The number of hydroxylamine groups is 1. The molecule has 2 rings (SSSR count). The van der Waals surface area contributed by atoms with Gasteiger partial charge in [-0.25, -0.2) is 10.3 Å². The van der Waals surface area contributed by atoms with Crippen molar-refractivity contribution in [2.24, 2.45) is 0 Å². The van der Waals surface area contributed by atoms with Crippen molar-refractivity contribution in [3.05, 3.63) is 59.7 Å². The number of hydrogen-bond acceptors (Lipinski definition) is 3. The highest BCUT2D eigenvalue weighted by Crippen LogP contribution is 2.31. The van der Waals surface area contributed by atoms with Crippen LogP contribution < -0.4 is 5.48 Å². The highest BCUT2D eigenvalue weighted by Gasteiger charge is 2.29. The summed E-state index contributed by atoms with van der Waals surface area (Å²) in [4.78, 5) is 21.4. The summed E-state index contributed by atoms with van der Waals surface area (Å²) in [7, 11) is 0. The number of likely N-dealkylation sites (N-methyl/N-ethyl adjacent to an activating group) is 1. The SMILES string of the molecule is CCONC(=O)N(CCN(CC)CC)Cc1ccc(-c2ccc(C(F)(F)F)cc2)cc1. The maximum absolute atomic E-state index is 12.7. The van der Waals surface area contributed by atoms with Gasteiger partial charge in [0.15, 0.2) is 0 Å². The van der Waals surface area contributed by atoms with Gasteiger partial charge in [-0.3, -0.25) is 4.84 Å². The molecule has 8 heteroatoms. The molecule has 2 aromatic rings. The van der Waals surface area contributed by atoms with Gasteiger partial charge in [0.05, 0.1) is 12.2 Å². The lowest BCUT2D eigenvalue weighted by Gasteiger charge is -2.26. The van der Waals surface area contributed by atoms with E-state index in [-0.39, 0.29) is 6.03 Å². The largest absolute Gasteiger partial charge is 0.416 e. The number of hydrogen-bond donors (Lipinski definition) is 1. The Morgan fingerprint density at radius 1 is 0.903 bits per heavy atom. The van der Waals surface area contributed by atoms with E-state index < -0.39 is 11.7 Å². The summed E-state index contributed by atoms with van der Waals surface area (Å²) in [5.41, 5.74) is 4.20. The molecule has 0 aliphatic carbocycles. The van der Waals surface area contributed by atoms with E-state index in [1.165, 1.54) is 12.1 Å². The number of nitrogens with one attached hydrogen (secondary N) is 1. The van der Waals surface area contributed by atoms with E-state index in [1.54, 1.807) is 11.8 Å². The average molecular weight is 438 g/mol. The molecule has 2 aromatic carbocycles. The van der Waals surface area contributed by atoms with Crippen LogP contribution in [0.2, 0.25) is 0 Å². The van der Waals surface area contributed by atoms with Gasteiger partial charge < -0.3 is 9.80 Å². The van der Waals surface area contributed by atoms with Gasteiger partial charge in [0.1, 0.15) is 0 Å². The van der Waals surface area contributed by atoms with Crippen molar-refractivity contribution < 1.29 is 22.8 Å². The zero-order valence-electron chi connectivity index (χ0n) is 18.2. The van der Waals surface area contributed by atoms with Crippen LogP contribution in [0.3, 0.4) is 0 Å². The van der Waals surface area contributed by atoms with E-state index in [4.69, 9.17) is 4.84 Å². The summed E-state index contributed by atoms with van der Waals surface area (Å²) in [5.74, 6) is 0. The third-order valence-corrected chi connectivity index (χ3v) is 5.04. The Balaban J connectivity index is 2.09. The number of carbonyl (C=O) groups is 1. The fourth-order valence-corrected chi connectivity index (χ4v) is 3.13. The van der Waals surface area contributed by atoms with Crippen LogP contribution in [0.1, 0.15) is 31.9 Å². The Morgan fingerprint density at radius 2 is 1.45 bits per heavy atom. The maximum atomic E-state index is 12.7. The third-order valence-electron chi connectivity index (χ3n) is 5.04. The Hall–Kier alpha value is -2.58. The van der Waals surface area contributed by atoms with E-state index in [1.807, 2.05) is 24.3 Å². The summed E-state index contributed by atoms with van der Waals surface area (Å²) in [6.45, 7) is 9.81. The number of alkyl halides is 3. The molecule has 0 aliphatic heterocycles. The molecule has 2 amide bonds. The molecule has 0 unspecified atom stereocenters. The number of nitrogens with zero attached hydrogens (tertiary/aromatic N) is 2. The van der Waals surface area contributed by atoms with Crippen LogP contribution in [0.5, 0.6) is 0 Å². The highest BCUT2D eigenvalue weighted by molar-refractivity contribution is 5.73. The van der Waals surface area contributed by atoms with Crippen molar-refractivity contribution in [3.8, 4) is 11.1 Å². The fraction of sp³-hybridized carbons (Fsp3) is 0.435. The minimum Gasteiger partial charge on any atom is -0.317 e. The smallest absolute Gasteiger partial charge is 0.317 e. The fourth-order valence-electron chi connectivity index (χ4n) is 3.13. The van der Waals surface area contributed by atoms with Gasteiger partial charge in [0.25, 0.3) is 0 Å². The summed E-state index contributed by atoms with van der Waals surface area (Å²) < 4.78 is 38.2. The average Bonchev–Trinajstić information content (AvgIpc) is 2.77. The minimum absolute atomic E-state index is 0.305. The maximum Gasteiger partial charge on any atom is 0.416 e. The first kappa shape index (κ1) is 24.7. The molecular formula is C23H30F3N3O2. The molecule has 0 fully saturated rings. The molecule has 170 valence electrons. The van der Waals surface area contributed by atoms with E-state index >= 15 is 0 Å². The summed E-state index contributed by atoms with van der Waals surface area (Å²) in [6.07, 6.45) is -4.35. The lowest BCUT2D eigenvalue weighted by Crippen LogP contribution is -2.43. The third kappa shape index (κ3) is 7.56. The molecule has 0 spiro atoms. The predicted molar refractivity (Wildman–Crippen MR) is 115 cm³/mol. The summed E-state index contributed by atoms with van der Waals surface area (Å²) in [6, 6.07) is 12.2. The Bertz CT molecular complexity index is 804. The second-order valence-corrected chi connectivity index (χ2v) is 7.06. The molecule has 1 N–H and O–H groups in total. The van der Waals surface area contributed by atoms with E-state index in [9.17, 15) is 18.0 Å². The number of urea groups is 1. The van der Waals surface area contributed by atoms with Crippen LogP contribution in [0.4, 0.5) is 18.0 Å². The first-order valence-electron chi connectivity index (χ1n) is 10.4. The van der Waals surface area contributed by atoms with Crippen LogP contribution in [-0.2, 0) is 17.6 Å². The standard InChI is InChI=1S/C23H30F3N3O2/c1-4-28(5-2)15-16-29(22(30)27-31-6-3)17-18-7-9-19(10-8-18)20-11-13-21(14-12-20)23(24,25)26/h7-14H,4-6,15-17H2,1-3H3,(H,27,30). The molecule has 5 nitrogen and oxygen atoms in total. The number of amides is 2. The van der Waals surface area contributed by atoms with Gasteiger partial charge in [0, 0.05) is 19.6 Å². The highest BCUT2D eigenvalue weighted by atomic mass is 19.4. The Kier molecular flexibility index (Phi) is 9.33. The van der Waals surface area contributed by atoms with Crippen LogP contribution in [0.15, 0.2) is 48.5 Å². The van der Waals surface area contributed by atoms with Crippen molar-refractivity contribution in [1.29, 1.82) is 0 Å². The first-order chi connectivity index (χ1) is 14.8. The molecular weight excluding hydrogens is 407 g/mol. The van der Waals surface area contributed by atoms with Gasteiger partial charge in [-0.15, -0.1) is 0 Å². The normalized spacial score (nSPS) is 11.6. The van der Waals surface area contributed by atoms with Crippen molar-refractivity contribution in [2.75, 3.05) is 32.8 Å². The Labute approximate surface area is 181 Å². The van der Waals surface area contributed by atoms with Crippen molar-refractivity contribution in [1.82, 2.24) is 15.3 Å². The quantitative estimate of drug-likeness (QED) is 0.521. The molecule has 0 aliphatic rings. The number of rotatable bonds is 10. The van der Waals surface area contributed by atoms with Crippen molar-refractivity contribution in [2.45, 2.75) is 33.5 Å². The monoisotopic (exact) mass is 437 g/mol. The second-order valence-electron chi connectivity index (χ2n) is 7.06. The Morgan fingerprint density at radius 3 is 1.94 bits per heavy atom. The molecule has 0 saturated carbocycles. The lowest BCUT2D eigenvalue weighted by molar-refractivity contribution is -0.137. The molecule has 0 radical (unpaired) electrons. The zero-order chi connectivity index (χ0) is 22.9. The number of halogens is 3. The molecule has 0 aromatic heterocycles. The molecule has 31 heavy (non-hydrogen) atoms. The number of carbonyl (C=O) groups excluding carboxylic acids is 1. The van der Waals surface area contributed by atoms with Crippen LogP contribution in [0, 0.1) is 0 Å². The predicted octanol–water partition coefficient (Wildman–Crippen LogP) is 5.18. The molecule has 0 saturated heterocycles. The van der Waals surface area contributed by atoms with E-state index in [2.05, 4.69) is 24.2 Å². The van der Waals surface area contributed by atoms with Gasteiger partial charge in [0.2, 0.25) is 0 Å². The molecule has 0 bridgehead atoms. The second kappa shape index (κ2) is 11.7. The van der Waals surface area contributed by atoms with Crippen molar-refractivity contribution in [3.63, 3.8) is 0 Å². The lowest BCUT2D eigenvalue weighted by atomic mass is 10.0. The van der Waals surface area contributed by atoms with Gasteiger partial charge in [-0.2, -0.15) is 13.2 Å². The van der Waals surface area contributed by atoms with Gasteiger partial charge in [-0.1, -0.05) is 50.2 Å². The van der Waals surface area contributed by atoms with Crippen LogP contribution in [0.25, 0.3) is 11.1 Å². The first-order valence-corrected chi connectivity index (χ1v) is 10.4. The topological polar surface area (TPSA) is 44.8 Å². The molecule has 0 atom stereocenters. The summed E-state index contributed by atoms with van der Waals surface area (Å²) in [5, 5.41) is 0. The number of benzene rings is 2. The van der Waals surface area contributed by atoms with Crippen molar-refractivity contribution >= 4 is 6.03 Å².